The summed E-state index contributed by atoms with van der Waals surface area (Å²) in [5, 5.41) is 0. The standard InChI is InChI=1S/C12H19NO2/c1-10-5-6-11(13)12(9-10)15-8-4-3-7-14-2/h5-6,9H,3-4,7-8,13H2,1-2H3. The maximum absolute atomic E-state index is 5.78. The van der Waals surface area contributed by atoms with E-state index in [0.717, 1.165) is 30.8 Å². The molecule has 0 aliphatic carbocycles. The van der Waals surface area contributed by atoms with Gasteiger partial charge in [-0.15, -0.1) is 0 Å². The van der Waals surface area contributed by atoms with Crippen LogP contribution in [0, 0.1) is 6.92 Å². The summed E-state index contributed by atoms with van der Waals surface area (Å²) in [5.41, 5.74) is 7.64. The predicted octanol–water partition coefficient (Wildman–Crippen LogP) is 2.38. The molecule has 0 aliphatic rings. The van der Waals surface area contributed by atoms with Gasteiger partial charge in [-0.1, -0.05) is 6.07 Å². The van der Waals surface area contributed by atoms with Gasteiger partial charge in [0, 0.05) is 13.7 Å². The number of rotatable bonds is 6. The van der Waals surface area contributed by atoms with Crippen molar-refractivity contribution < 1.29 is 9.47 Å². The number of methoxy groups -OCH3 is 1. The first-order chi connectivity index (χ1) is 7.24. The van der Waals surface area contributed by atoms with Crippen LogP contribution in [-0.4, -0.2) is 20.3 Å². The van der Waals surface area contributed by atoms with Crippen molar-refractivity contribution in [2.24, 2.45) is 0 Å². The van der Waals surface area contributed by atoms with E-state index in [1.54, 1.807) is 7.11 Å². The van der Waals surface area contributed by atoms with E-state index >= 15 is 0 Å². The molecule has 0 spiro atoms. The summed E-state index contributed by atoms with van der Waals surface area (Å²) in [6.45, 7) is 3.50. The number of benzene rings is 1. The molecule has 3 nitrogen and oxygen atoms in total. The number of nitrogens with two attached hydrogens (primary N) is 1. The SMILES string of the molecule is COCCCCOc1cc(C)ccc1N. The number of anilines is 1. The van der Waals surface area contributed by atoms with Gasteiger partial charge in [-0.25, -0.2) is 0 Å². The van der Waals surface area contributed by atoms with Crippen LogP contribution in [0.25, 0.3) is 0 Å². The van der Waals surface area contributed by atoms with Gasteiger partial charge in [-0.3, -0.25) is 0 Å². The van der Waals surface area contributed by atoms with E-state index in [9.17, 15) is 0 Å². The Morgan fingerprint density at radius 3 is 2.67 bits per heavy atom. The van der Waals surface area contributed by atoms with Gasteiger partial charge >= 0.3 is 0 Å². The summed E-state index contributed by atoms with van der Waals surface area (Å²) in [6.07, 6.45) is 2.00. The molecule has 2 N–H and O–H groups in total. The minimum Gasteiger partial charge on any atom is -0.491 e. The summed E-state index contributed by atoms with van der Waals surface area (Å²) < 4.78 is 10.5. The van der Waals surface area contributed by atoms with Crippen molar-refractivity contribution in [3.05, 3.63) is 23.8 Å². The third-order valence-electron chi connectivity index (χ3n) is 2.17. The molecule has 15 heavy (non-hydrogen) atoms. The summed E-state index contributed by atoms with van der Waals surface area (Å²) in [7, 11) is 1.71. The quantitative estimate of drug-likeness (QED) is 0.578. The van der Waals surface area contributed by atoms with Crippen molar-refractivity contribution in [3.8, 4) is 5.75 Å². The largest absolute Gasteiger partial charge is 0.491 e. The van der Waals surface area contributed by atoms with Crippen LogP contribution in [-0.2, 0) is 4.74 Å². The van der Waals surface area contributed by atoms with E-state index in [-0.39, 0.29) is 0 Å². The highest BCUT2D eigenvalue weighted by atomic mass is 16.5. The number of unbranched alkanes of at least 4 members (excludes halogenated alkanes) is 1. The lowest BCUT2D eigenvalue weighted by molar-refractivity contribution is 0.184. The monoisotopic (exact) mass is 209 g/mol. The Hall–Kier alpha value is -1.22. The fourth-order valence-electron chi connectivity index (χ4n) is 1.30. The van der Waals surface area contributed by atoms with Crippen LogP contribution in [0.5, 0.6) is 5.75 Å². The predicted molar refractivity (Wildman–Crippen MR) is 62.2 cm³/mol. The van der Waals surface area contributed by atoms with Crippen LogP contribution >= 0.6 is 0 Å². The molecule has 0 aliphatic heterocycles. The molecule has 0 saturated carbocycles. The van der Waals surface area contributed by atoms with Gasteiger partial charge in [0.05, 0.1) is 12.3 Å². The smallest absolute Gasteiger partial charge is 0.142 e. The number of hydrogen-bond acceptors (Lipinski definition) is 3. The Kier molecular flexibility index (Phi) is 4.98. The van der Waals surface area contributed by atoms with Gasteiger partial charge in [0.2, 0.25) is 0 Å². The summed E-state index contributed by atoms with van der Waals surface area (Å²) in [5.74, 6) is 0.785. The first-order valence-electron chi connectivity index (χ1n) is 5.22. The van der Waals surface area contributed by atoms with Gasteiger partial charge in [0.25, 0.3) is 0 Å². The zero-order valence-electron chi connectivity index (χ0n) is 9.45. The van der Waals surface area contributed by atoms with E-state index in [1.807, 2.05) is 25.1 Å². The second-order valence-electron chi connectivity index (χ2n) is 3.59. The van der Waals surface area contributed by atoms with Gasteiger partial charge in [-0.2, -0.15) is 0 Å². The molecule has 3 heteroatoms. The minimum atomic E-state index is 0.691. The molecule has 1 aromatic rings. The molecule has 84 valence electrons. The van der Waals surface area contributed by atoms with Crippen LogP contribution in [0.15, 0.2) is 18.2 Å². The van der Waals surface area contributed by atoms with Crippen molar-refractivity contribution in [1.82, 2.24) is 0 Å². The van der Waals surface area contributed by atoms with Crippen molar-refractivity contribution in [2.45, 2.75) is 19.8 Å². The van der Waals surface area contributed by atoms with Crippen LogP contribution in [0.4, 0.5) is 5.69 Å². The van der Waals surface area contributed by atoms with Crippen LogP contribution < -0.4 is 10.5 Å². The molecule has 0 radical (unpaired) electrons. The van der Waals surface area contributed by atoms with Crippen molar-refractivity contribution in [2.75, 3.05) is 26.1 Å². The normalized spacial score (nSPS) is 10.3. The maximum atomic E-state index is 5.78. The third-order valence-corrected chi connectivity index (χ3v) is 2.17. The lowest BCUT2D eigenvalue weighted by Crippen LogP contribution is -2.02. The van der Waals surface area contributed by atoms with E-state index < -0.39 is 0 Å². The van der Waals surface area contributed by atoms with Gasteiger partial charge in [0.1, 0.15) is 5.75 Å². The fraction of sp³-hybridized carbons (Fsp3) is 0.500. The molecule has 0 saturated heterocycles. The number of ether oxygens (including phenoxy) is 2. The summed E-state index contributed by atoms with van der Waals surface area (Å²) >= 11 is 0. The van der Waals surface area contributed by atoms with Gasteiger partial charge in [0.15, 0.2) is 0 Å². The highest BCUT2D eigenvalue weighted by Gasteiger charge is 1.99. The number of hydrogen-bond donors (Lipinski definition) is 1. The zero-order valence-corrected chi connectivity index (χ0v) is 9.45. The highest BCUT2D eigenvalue weighted by Crippen LogP contribution is 2.22. The van der Waals surface area contributed by atoms with Crippen LogP contribution in [0.1, 0.15) is 18.4 Å². The molecule has 1 rings (SSSR count). The number of nitrogen functional groups attached to an aromatic ring is 1. The molecule has 1 aromatic carbocycles. The first kappa shape index (κ1) is 11.9. The molecular formula is C12H19NO2. The molecule has 0 atom stereocenters. The van der Waals surface area contributed by atoms with E-state index in [0.29, 0.717) is 12.3 Å². The van der Waals surface area contributed by atoms with Crippen molar-refractivity contribution in [1.29, 1.82) is 0 Å². The number of aryl methyl sites for hydroxylation is 1. The van der Waals surface area contributed by atoms with E-state index in [1.165, 1.54) is 0 Å². The van der Waals surface area contributed by atoms with Gasteiger partial charge < -0.3 is 15.2 Å². The van der Waals surface area contributed by atoms with Crippen molar-refractivity contribution in [3.63, 3.8) is 0 Å². The molecule has 0 aromatic heterocycles. The lowest BCUT2D eigenvalue weighted by atomic mass is 10.2. The summed E-state index contributed by atoms with van der Waals surface area (Å²) in [6, 6.07) is 5.82. The Labute approximate surface area is 91.2 Å². The Bertz CT molecular complexity index is 300. The second-order valence-corrected chi connectivity index (χ2v) is 3.59. The van der Waals surface area contributed by atoms with Crippen LogP contribution in [0.2, 0.25) is 0 Å². The van der Waals surface area contributed by atoms with Crippen molar-refractivity contribution >= 4 is 5.69 Å². The highest BCUT2D eigenvalue weighted by molar-refractivity contribution is 5.53. The molecule has 0 bridgehead atoms. The molecule has 0 fully saturated rings. The first-order valence-corrected chi connectivity index (χ1v) is 5.22. The molecule has 0 amide bonds. The Balaban J connectivity index is 2.33. The van der Waals surface area contributed by atoms with E-state index in [4.69, 9.17) is 15.2 Å². The summed E-state index contributed by atoms with van der Waals surface area (Å²) in [4.78, 5) is 0. The molecular weight excluding hydrogens is 190 g/mol. The fourth-order valence-corrected chi connectivity index (χ4v) is 1.30. The molecule has 0 heterocycles. The lowest BCUT2D eigenvalue weighted by Gasteiger charge is -2.09. The molecule has 0 unspecified atom stereocenters. The second kappa shape index (κ2) is 6.30. The topological polar surface area (TPSA) is 44.5 Å². The zero-order chi connectivity index (χ0) is 11.1. The third kappa shape index (κ3) is 4.21. The maximum Gasteiger partial charge on any atom is 0.142 e. The minimum absolute atomic E-state index is 0.691. The van der Waals surface area contributed by atoms with E-state index in [2.05, 4.69) is 0 Å². The Morgan fingerprint density at radius 2 is 1.93 bits per heavy atom. The Morgan fingerprint density at radius 1 is 1.20 bits per heavy atom. The average Bonchev–Trinajstić information content (AvgIpc) is 2.23. The average molecular weight is 209 g/mol. The van der Waals surface area contributed by atoms with Crippen LogP contribution in [0.3, 0.4) is 0 Å². The van der Waals surface area contributed by atoms with Gasteiger partial charge in [-0.05, 0) is 37.5 Å².